The van der Waals surface area contributed by atoms with E-state index in [0.717, 1.165) is 12.5 Å². The van der Waals surface area contributed by atoms with Crippen LogP contribution in [0.25, 0.3) is 0 Å². The van der Waals surface area contributed by atoms with E-state index in [-0.39, 0.29) is 23.8 Å². The Hall–Kier alpha value is -2.65. The number of halogens is 3. The van der Waals surface area contributed by atoms with Crippen molar-refractivity contribution in [3.63, 3.8) is 0 Å². The van der Waals surface area contributed by atoms with Crippen molar-refractivity contribution in [1.29, 1.82) is 0 Å². The first-order chi connectivity index (χ1) is 9.38. The molecule has 0 aliphatic carbocycles. The number of nitrogens with two attached hydrogens (primary N) is 1. The fourth-order valence-corrected chi connectivity index (χ4v) is 1.38. The monoisotopic (exact) mass is 287 g/mol. The standard InChI is InChI=1S/C10H8F3N5O2/c11-10(12,13)6-2-1-5(8(14)19)9(17-6)15-3-7-16-4-20-18-7/h1-2,4H,3H2,(H2,14,19)(H,15,17). The maximum Gasteiger partial charge on any atom is 0.433 e. The normalized spacial score (nSPS) is 11.3. The lowest BCUT2D eigenvalue weighted by Gasteiger charge is -2.11. The van der Waals surface area contributed by atoms with Gasteiger partial charge in [0.2, 0.25) is 6.39 Å². The number of carbonyl (C=O) groups excluding carboxylic acids is 1. The molecule has 2 aromatic rings. The summed E-state index contributed by atoms with van der Waals surface area (Å²) in [6.45, 7) is -0.0644. The molecule has 3 N–H and O–H groups in total. The van der Waals surface area contributed by atoms with Gasteiger partial charge in [0.25, 0.3) is 5.91 Å². The third-order valence-electron chi connectivity index (χ3n) is 2.27. The number of amides is 1. The van der Waals surface area contributed by atoms with E-state index in [4.69, 9.17) is 5.73 Å². The van der Waals surface area contributed by atoms with E-state index in [1.54, 1.807) is 0 Å². The van der Waals surface area contributed by atoms with E-state index in [1.807, 2.05) is 0 Å². The molecule has 0 spiro atoms. The van der Waals surface area contributed by atoms with E-state index < -0.39 is 17.8 Å². The van der Waals surface area contributed by atoms with Crippen molar-refractivity contribution in [2.75, 3.05) is 5.32 Å². The molecule has 0 aliphatic heterocycles. The molecule has 1 amide bonds. The van der Waals surface area contributed by atoms with Crippen LogP contribution in [-0.2, 0) is 12.7 Å². The molecule has 0 atom stereocenters. The van der Waals surface area contributed by atoms with Crippen molar-refractivity contribution in [2.45, 2.75) is 12.7 Å². The molecule has 2 heterocycles. The third kappa shape index (κ3) is 3.02. The first-order valence-corrected chi connectivity index (χ1v) is 5.25. The lowest BCUT2D eigenvalue weighted by Crippen LogP contribution is -2.18. The van der Waals surface area contributed by atoms with E-state index in [0.29, 0.717) is 6.07 Å². The van der Waals surface area contributed by atoms with Gasteiger partial charge in [-0.2, -0.15) is 18.2 Å². The number of aromatic nitrogens is 3. The third-order valence-corrected chi connectivity index (χ3v) is 2.27. The van der Waals surface area contributed by atoms with Gasteiger partial charge in [-0.15, -0.1) is 0 Å². The Bertz CT molecular complexity index is 612. The Morgan fingerprint density at radius 1 is 1.40 bits per heavy atom. The largest absolute Gasteiger partial charge is 0.433 e. The molecule has 2 aromatic heterocycles. The van der Waals surface area contributed by atoms with Crippen LogP contribution in [0.1, 0.15) is 21.9 Å². The Morgan fingerprint density at radius 2 is 2.15 bits per heavy atom. The molecule has 0 radical (unpaired) electrons. The maximum atomic E-state index is 12.6. The minimum Gasteiger partial charge on any atom is -0.365 e. The van der Waals surface area contributed by atoms with Gasteiger partial charge < -0.3 is 15.6 Å². The average Bonchev–Trinajstić information content (AvgIpc) is 2.87. The lowest BCUT2D eigenvalue weighted by molar-refractivity contribution is -0.141. The molecular formula is C10H8F3N5O2. The van der Waals surface area contributed by atoms with Crippen LogP contribution >= 0.6 is 0 Å². The number of hydrogen-bond acceptors (Lipinski definition) is 6. The van der Waals surface area contributed by atoms with E-state index in [9.17, 15) is 18.0 Å². The summed E-state index contributed by atoms with van der Waals surface area (Å²) in [7, 11) is 0. The molecule has 7 nitrogen and oxygen atoms in total. The topological polar surface area (TPSA) is 107 Å². The zero-order valence-electron chi connectivity index (χ0n) is 9.81. The lowest BCUT2D eigenvalue weighted by atomic mass is 10.2. The molecule has 0 fully saturated rings. The van der Waals surface area contributed by atoms with Crippen LogP contribution < -0.4 is 11.1 Å². The number of carbonyl (C=O) groups is 1. The fraction of sp³-hybridized carbons (Fsp3) is 0.200. The fourth-order valence-electron chi connectivity index (χ4n) is 1.38. The smallest absolute Gasteiger partial charge is 0.365 e. The molecule has 0 saturated carbocycles. The molecule has 0 bridgehead atoms. The van der Waals surface area contributed by atoms with Gasteiger partial charge >= 0.3 is 6.18 Å². The number of anilines is 1. The molecule has 2 rings (SSSR count). The summed E-state index contributed by atoms with van der Waals surface area (Å²) < 4.78 is 42.2. The predicted molar refractivity (Wildman–Crippen MR) is 59.4 cm³/mol. The summed E-state index contributed by atoms with van der Waals surface area (Å²) in [4.78, 5) is 18.2. The van der Waals surface area contributed by atoms with Crippen molar-refractivity contribution in [2.24, 2.45) is 5.73 Å². The summed E-state index contributed by atoms with van der Waals surface area (Å²) in [6.07, 6.45) is -3.57. The van der Waals surface area contributed by atoms with Gasteiger partial charge in [0.1, 0.15) is 11.5 Å². The minimum atomic E-state index is -4.63. The highest BCUT2D eigenvalue weighted by Crippen LogP contribution is 2.29. The van der Waals surface area contributed by atoms with Gasteiger partial charge in [0.15, 0.2) is 5.82 Å². The summed E-state index contributed by atoms with van der Waals surface area (Å²) in [5, 5.41) is 5.97. The summed E-state index contributed by atoms with van der Waals surface area (Å²) in [5.41, 5.74) is 3.77. The number of rotatable bonds is 4. The highest BCUT2D eigenvalue weighted by atomic mass is 19.4. The van der Waals surface area contributed by atoms with Crippen LogP contribution in [0.2, 0.25) is 0 Å². The minimum absolute atomic E-state index is 0.0644. The highest BCUT2D eigenvalue weighted by molar-refractivity contribution is 5.97. The highest BCUT2D eigenvalue weighted by Gasteiger charge is 2.33. The number of nitrogens with zero attached hydrogens (tertiary/aromatic N) is 3. The van der Waals surface area contributed by atoms with Crippen LogP contribution in [-0.4, -0.2) is 21.0 Å². The second-order valence-corrected chi connectivity index (χ2v) is 3.66. The molecular weight excluding hydrogens is 279 g/mol. The average molecular weight is 287 g/mol. The number of nitrogens with one attached hydrogen (secondary N) is 1. The van der Waals surface area contributed by atoms with E-state index in [1.165, 1.54) is 0 Å². The molecule has 10 heteroatoms. The summed E-state index contributed by atoms with van der Waals surface area (Å²) in [5.74, 6) is -1.00. The molecule has 20 heavy (non-hydrogen) atoms. The summed E-state index contributed by atoms with van der Waals surface area (Å²) in [6, 6.07) is 1.64. The van der Waals surface area contributed by atoms with Crippen molar-refractivity contribution in [3.05, 3.63) is 35.6 Å². The molecule has 0 aliphatic rings. The van der Waals surface area contributed by atoms with Gasteiger partial charge in [0.05, 0.1) is 12.1 Å². The first-order valence-electron chi connectivity index (χ1n) is 5.25. The number of alkyl halides is 3. The zero-order chi connectivity index (χ0) is 14.8. The molecule has 0 saturated heterocycles. The Morgan fingerprint density at radius 3 is 2.70 bits per heavy atom. The van der Waals surface area contributed by atoms with Crippen LogP contribution in [0.15, 0.2) is 23.0 Å². The number of hydrogen-bond donors (Lipinski definition) is 2. The molecule has 0 unspecified atom stereocenters. The number of pyridine rings is 1. The van der Waals surface area contributed by atoms with Crippen LogP contribution in [0, 0.1) is 0 Å². The van der Waals surface area contributed by atoms with Gasteiger partial charge in [-0.3, -0.25) is 4.79 Å². The maximum absolute atomic E-state index is 12.6. The van der Waals surface area contributed by atoms with E-state index in [2.05, 4.69) is 25.0 Å². The Labute approximate surface area is 110 Å². The Balaban J connectivity index is 2.29. The SMILES string of the molecule is NC(=O)c1ccc(C(F)(F)F)nc1NCc1ncon1. The predicted octanol–water partition coefficient (Wildman–Crippen LogP) is 1.19. The summed E-state index contributed by atoms with van der Waals surface area (Å²) >= 11 is 0. The quantitative estimate of drug-likeness (QED) is 0.874. The van der Waals surface area contributed by atoms with Gasteiger partial charge in [-0.05, 0) is 12.1 Å². The second-order valence-electron chi connectivity index (χ2n) is 3.66. The van der Waals surface area contributed by atoms with Crippen LogP contribution in [0.3, 0.4) is 0 Å². The van der Waals surface area contributed by atoms with Gasteiger partial charge in [-0.25, -0.2) is 4.98 Å². The Kier molecular flexibility index (Phi) is 3.55. The molecule has 106 valence electrons. The first kappa shape index (κ1) is 13.8. The van der Waals surface area contributed by atoms with Crippen molar-refractivity contribution in [3.8, 4) is 0 Å². The number of primary amides is 1. The zero-order valence-corrected chi connectivity index (χ0v) is 9.81. The van der Waals surface area contributed by atoms with Crippen LogP contribution in [0.5, 0.6) is 0 Å². The van der Waals surface area contributed by atoms with Crippen molar-refractivity contribution < 1.29 is 22.5 Å². The van der Waals surface area contributed by atoms with Gasteiger partial charge in [0, 0.05) is 0 Å². The van der Waals surface area contributed by atoms with Crippen molar-refractivity contribution in [1.82, 2.24) is 15.1 Å². The van der Waals surface area contributed by atoms with Crippen molar-refractivity contribution >= 4 is 11.7 Å². The van der Waals surface area contributed by atoms with E-state index >= 15 is 0 Å². The van der Waals surface area contributed by atoms with Gasteiger partial charge in [-0.1, -0.05) is 5.16 Å². The molecule has 0 aromatic carbocycles. The van der Waals surface area contributed by atoms with Crippen LogP contribution in [0.4, 0.5) is 19.0 Å². The second kappa shape index (κ2) is 5.15.